The molecule has 0 bridgehead atoms. The van der Waals surface area contributed by atoms with E-state index in [1.807, 2.05) is 43.3 Å². The van der Waals surface area contributed by atoms with Crippen molar-refractivity contribution in [3.05, 3.63) is 63.3 Å². The number of rotatable bonds is 9. The van der Waals surface area contributed by atoms with Gasteiger partial charge in [0.25, 0.3) is 0 Å². The van der Waals surface area contributed by atoms with Crippen LogP contribution in [0.1, 0.15) is 62.5 Å². The summed E-state index contributed by atoms with van der Waals surface area (Å²) in [6, 6.07) is 13.6. The van der Waals surface area contributed by atoms with E-state index in [2.05, 4.69) is 10.3 Å². The van der Waals surface area contributed by atoms with Gasteiger partial charge in [0.1, 0.15) is 11.3 Å². The average molecular weight is 498 g/mol. The lowest BCUT2D eigenvalue weighted by molar-refractivity contribution is 0.122. The lowest BCUT2D eigenvalue weighted by Crippen LogP contribution is -2.47. The van der Waals surface area contributed by atoms with Gasteiger partial charge in [0.15, 0.2) is 0 Å². The number of hydrogen-bond donors (Lipinski definition) is 4. The van der Waals surface area contributed by atoms with Gasteiger partial charge in [-0.15, -0.1) is 0 Å². The highest BCUT2D eigenvalue weighted by Gasteiger charge is 2.27. The predicted octanol–water partition coefficient (Wildman–Crippen LogP) is 5.30. The highest BCUT2D eigenvalue weighted by atomic mass is 32.1. The smallest absolute Gasteiger partial charge is 0.407 e. The van der Waals surface area contributed by atoms with Crippen molar-refractivity contribution in [3.8, 4) is 5.75 Å². The number of benzene rings is 2. The number of nitrogens with zero attached hydrogens (tertiary/aromatic N) is 1. The Balaban J connectivity index is 1.59. The third kappa shape index (κ3) is 6.44. The van der Waals surface area contributed by atoms with Crippen LogP contribution >= 0.6 is 11.3 Å². The van der Waals surface area contributed by atoms with E-state index < -0.39 is 6.09 Å². The summed E-state index contributed by atoms with van der Waals surface area (Å²) >= 11 is 1.06. The van der Waals surface area contributed by atoms with Crippen LogP contribution in [-0.4, -0.2) is 51.4 Å². The minimum atomic E-state index is -0.949. The molecule has 8 heteroatoms. The number of aromatic hydroxyl groups is 1. The average Bonchev–Trinajstić information content (AvgIpc) is 3.06. The molecule has 1 heterocycles. The van der Waals surface area contributed by atoms with Gasteiger partial charge in [-0.3, -0.25) is 4.79 Å². The number of phenolic OH excluding ortho intramolecular Hbond substituents is 1. The molecule has 1 amide bonds. The second-order valence-corrected chi connectivity index (χ2v) is 10.6. The molecular weight excluding hydrogens is 462 g/mol. The van der Waals surface area contributed by atoms with Gasteiger partial charge >= 0.3 is 11.0 Å². The Morgan fingerprint density at radius 1 is 1.14 bits per heavy atom. The molecule has 1 fully saturated rings. The maximum atomic E-state index is 12.4. The van der Waals surface area contributed by atoms with Crippen LogP contribution in [0, 0.1) is 0 Å². The Bertz CT molecular complexity index is 1170. The number of thiazole rings is 1. The van der Waals surface area contributed by atoms with Gasteiger partial charge in [-0.2, -0.15) is 0 Å². The Kier molecular flexibility index (Phi) is 8.46. The van der Waals surface area contributed by atoms with Gasteiger partial charge in [0, 0.05) is 31.1 Å². The van der Waals surface area contributed by atoms with Crippen LogP contribution in [0.4, 0.5) is 4.79 Å². The fourth-order valence-electron chi connectivity index (χ4n) is 5.15. The van der Waals surface area contributed by atoms with Gasteiger partial charge in [0.05, 0.1) is 4.70 Å². The van der Waals surface area contributed by atoms with E-state index in [0.29, 0.717) is 35.8 Å². The van der Waals surface area contributed by atoms with Crippen molar-refractivity contribution in [2.75, 3.05) is 13.1 Å². The van der Waals surface area contributed by atoms with Crippen LogP contribution in [0.3, 0.4) is 0 Å². The number of carbonyl (C=O) groups is 1. The maximum absolute atomic E-state index is 12.4. The largest absolute Gasteiger partial charge is 0.506 e. The highest BCUT2D eigenvalue weighted by molar-refractivity contribution is 7.16. The number of nitrogens with one attached hydrogen (secondary N) is 2. The number of fused-ring (bicyclic) bond motifs is 1. The van der Waals surface area contributed by atoms with Crippen LogP contribution in [0.5, 0.6) is 5.75 Å². The number of phenols is 1. The van der Waals surface area contributed by atoms with E-state index in [-0.39, 0.29) is 22.6 Å². The first-order valence-electron chi connectivity index (χ1n) is 12.5. The molecule has 0 saturated heterocycles. The Hall–Kier alpha value is -2.84. The van der Waals surface area contributed by atoms with Crippen molar-refractivity contribution in [1.29, 1.82) is 0 Å². The van der Waals surface area contributed by atoms with Crippen molar-refractivity contribution in [2.24, 2.45) is 0 Å². The first-order valence-corrected chi connectivity index (χ1v) is 13.4. The second kappa shape index (κ2) is 11.7. The molecular formula is C27H35N3O4S. The summed E-state index contributed by atoms with van der Waals surface area (Å²) in [6.45, 7) is 2.86. The fourth-order valence-corrected chi connectivity index (χ4v) is 6.10. The summed E-state index contributed by atoms with van der Waals surface area (Å²) in [6.07, 6.45) is 6.98. The van der Waals surface area contributed by atoms with Crippen molar-refractivity contribution in [3.63, 3.8) is 0 Å². The molecule has 2 atom stereocenters. The summed E-state index contributed by atoms with van der Waals surface area (Å²) in [4.78, 5) is 28.5. The number of hydrogen-bond acceptors (Lipinski definition) is 5. The molecule has 4 rings (SSSR count). The SMILES string of the molecule is CC(CNC1CCCCCC1)N(CC(Cc1ccccc1)c1ccc(O)c2[nH]c(=O)sc12)C(=O)O. The topological polar surface area (TPSA) is 106 Å². The van der Waals surface area contributed by atoms with E-state index in [9.17, 15) is 19.8 Å². The molecule has 0 spiro atoms. The molecule has 2 aromatic carbocycles. The molecule has 3 aromatic rings. The lowest BCUT2D eigenvalue weighted by Gasteiger charge is -2.32. The van der Waals surface area contributed by atoms with Crippen LogP contribution < -0.4 is 10.2 Å². The van der Waals surface area contributed by atoms with Crippen LogP contribution in [0.2, 0.25) is 0 Å². The van der Waals surface area contributed by atoms with E-state index in [0.717, 1.165) is 35.3 Å². The van der Waals surface area contributed by atoms with E-state index in [4.69, 9.17) is 0 Å². The number of aromatic nitrogens is 1. The number of carboxylic acid groups (broad SMARTS) is 1. The molecule has 188 valence electrons. The molecule has 7 nitrogen and oxygen atoms in total. The zero-order chi connectivity index (χ0) is 24.8. The molecule has 2 unspecified atom stereocenters. The summed E-state index contributed by atoms with van der Waals surface area (Å²) in [5.41, 5.74) is 2.39. The quantitative estimate of drug-likeness (QED) is 0.300. The van der Waals surface area contributed by atoms with Gasteiger partial charge in [-0.05, 0) is 43.4 Å². The van der Waals surface area contributed by atoms with E-state index >= 15 is 0 Å². The van der Waals surface area contributed by atoms with Gasteiger partial charge < -0.3 is 25.4 Å². The van der Waals surface area contributed by atoms with Gasteiger partial charge in [0.2, 0.25) is 0 Å². The summed E-state index contributed by atoms with van der Waals surface area (Å²) < 4.78 is 0.686. The Morgan fingerprint density at radius 2 is 1.86 bits per heavy atom. The number of H-pyrrole nitrogens is 1. The first kappa shape index (κ1) is 25.3. The normalized spacial score (nSPS) is 16.6. The van der Waals surface area contributed by atoms with Crippen molar-refractivity contribution < 1.29 is 15.0 Å². The summed E-state index contributed by atoms with van der Waals surface area (Å²) in [5.74, 6) is -0.153. The second-order valence-electron chi connectivity index (χ2n) is 9.66. The lowest BCUT2D eigenvalue weighted by atomic mass is 9.90. The predicted molar refractivity (Wildman–Crippen MR) is 141 cm³/mol. The molecule has 1 aromatic heterocycles. The Labute approximate surface area is 209 Å². The summed E-state index contributed by atoms with van der Waals surface area (Å²) in [7, 11) is 0. The van der Waals surface area contributed by atoms with Gasteiger partial charge in [-0.25, -0.2) is 4.79 Å². The molecule has 0 radical (unpaired) electrons. The third-order valence-electron chi connectivity index (χ3n) is 7.10. The number of amides is 1. The van der Waals surface area contributed by atoms with E-state index in [1.165, 1.54) is 30.6 Å². The monoisotopic (exact) mass is 497 g/mol. The van der Waals surface area contributed by atoms with Gasteiger partial charge in [-0.1, -0.05) is 73.4 Å². The maximum Gasteiger partial charge on any atom is 0.407 e. The van der Waals surface area contributed by atoms with Crippen LogP contribution in [0.15, 0.2) is 47.3 Å². The third-order valence-corrected chi connectivity index (χ3v) is 8.04. The molecule has 1 aliphatic carbocycles. The van der Waals surface area contributed by atoms with Crippen molar-refractivity contribution in [1.82, 2.24) is 15.2 Å². The zero-order valence-electron chi connectivity index (χ0n) is 20.2. The zero-order valence-corrected chi connectivity index (χ0v) is 21.0. The molecule has 35 heavy (non-hydrogen) atoms. The van der Waals surface area contributed by atoms with Crippen molar-refractivity contribution in [2.45, 2.75) is 69.9 Å². The number of aromatic amines is 1. The minimum absolute atomic E-state index is 0.0246. The van der Waals surface area contributed by atoms with Crippen LogP contribution in [0.25, 0.3) is 10.2 Å². The Morgan fingerprint density at radius 3 is 2.54 bits per heavy atom. The first-order chi connectivity index (χ1) is 16.9. The molecule has 1 saturated carbocycles. The molecule has 1 aliphatic rings. The standard InChI is InChI=1S/C27H35N3O4S/c1-18(16-28-21-11-7-2-3-8-12-21)30(27(33)34)17-20(15-19-9-5-4-6-10-19)22-13-14-23(31)24-25(22)35-26(32)29-24/h4-6,9-10,13-14,18,20-21,28,31H,2-3,7-8,11-12,15-17H2,1H3,(H,29,32)(H,33,34). The fraction of sp³-hybridized carbons (Fsp3) is 0.481. The minimum Gasteiger partial charge on any atom is -0.506 e. The highest BCUT2D eigenvalue weighted by Crippen LogP contribution is 2.34. The molecule has 0 aliphatic heterocycles. The molecule has 4 N–H and O–H groups in total. The summed E-state index contributed by atoms with van der Waals surface area (Å²) in [5, 5.41) is 24.0. The van der Waals surface area contributed by atoms with E-state index in [1.54, 1.807) is 6.07 Å². The van der Waals surface area contributed by atoms with Crippen LogP contribution in [-0.2, 0) is 6.42 Å². The van der Waals surface area contributed by atoms with Crippen molar-refractivity contribution >= 4 is 27.6 Å².